The Balaban J connectivity index is 1.24. The summed E-state index contributed by atoms with van der Waals surface area (Å²) >= 11 is 0. The van der Waals surface area contributed by atoms with Gasteiger partial charge >= 0.3 is 0 Å². The van der Waals surface area contributed by atoms with Crippen LogP contribution in [-0.4, -0.2) is 32.7 Å². The van der Waals surface area contributed by atoms with Gasteiger partial charge in [-0.05, 0) is 31.6 Å². The van der Waals surface area contributed by atoms with Crippen molar-refractivity contribution in [2.24, 2.45) is 17.8 Å². The van der Waals surface area contributed by atoms with Gasteiger partial charge in [0.1, 0.15) is 32.7 Å². The molecule has 2 bridgehead atoms. The number of rotatable bonds is 4. The number of quaternary nitrogens is 2. The molecule has 4 rings (SSSR count). The number of hydrogen-bond donors (Lipinski definition) is 2. The van der Waals surface area contributed by atoms with E-state index in [1.54, 1.807) is 4.90 Å². The van der Waals surface area contributed by atoms with Crippen molar-refractivity contribution >= 4 is 0 Å². The van der Waals surface area contributed by atoms with Gasteiger partial charge in [-0.1, -0.05) is 42.0 Å². The van der Waals surface area contributed by atoms with Gasteiger partial charge in [-0.15, -0.1) is 0 Å². The number of aryl methyl sites for hydroxylation is 1. The van der Waals surface area contributed by atoms with Gasteiger partial charge in [0.2, 0.25) is 0 Å². The zero-order valence-electron chi connectivity index (χ0n) is 13.9. The van der Waals surface area contributed by atoms with Crippen molar-refractivity contribution in [1.82, 2.24) is 0 Å². The van der Waals surface area contributed by atoms with Crippen LogP contribution in [0.4, 0.5) is 0 Å². The molecule has 1 aromatic rings. The van der Waals surface area contributed by atoms with E-state index in [0.717, 1.165) is 17.8 Å². The maximum atomic E-state index is 2.51. The van der Waals surface area contributed by atoms with Crippen LogP contribution in [0.15, 0.2) is 36.4 Å². The van der Waals surface area contributed by atoms with E-state index < -0.39 is 0 Å². The van der Waals surface area contributed by atoms with Crippen LogP contribution in [0.3, 0.4) is 0 Å². The predicted octanol–water partition coefficient (Wildman–Crippen LogP) is 0.491. The molecule has 0 amide bonds. The first-order valence-corrected chi connectivity index (χ1v) is 9.17. The van der Waals surface area contributed by atoms with E-state index >= 15 is 0 Å². The molecule has 1 saturated carbocycles. The smallest absolute Gasteiger partial charge is 0.127 e. The Labute approximate surface area is 134 Å². The molecule has 0 unspecified atom stereocenters. The Morgan fingerprint density at radius 2 is 1.64 bits per heavy atom. The summed E-state index contributed by atoms with van der Waals surface area (Å²) in [5.74, 6) is 2.85. The van der Waals surface area contributed by atoms with E-state index in [1.165, 1.54) is 63.2 Å². The van der Waals surface area contributed by atoms with E-state index in [9.17, 15) is 0 Å². The molecular formula is C20H30N2+2. The van der Waals surface area contributed by atoms with E-state index in [4.69, 9.17) is 0 Å². The standard InChI is InChI=1S/C20H28N2/c1-16-2-4-17(5-3-16)14-21-8-10-22(11-9-21)15-20-13-18-6-7-19(20)12-18/h2-7,18-20H,8-15H2,1H3/p+2/t18-,19+,20+/m1/s1. The highest BCUT2D eigenvalue weighted by molar-refractivity contribution is 5.20. The molecule has 1 aliphatic heterocycles. The number of allylic oxidation sites excluding steroid dienone is 2. The van der Waals surface area contributed by atoms with Gasteiger partial charge in [0.05, 0.1) is 6.54 Å². The SMILES string of the molecule is Cc1ccc(C[NH+]2CC[NH+](C[C@@H]3C[C@@H]4C=C[C@H]3C4)CC2)cc1. The van der Waals surface area contributed by atoms with E-state index in [1.807, 2.05) is 4.90 Å². The van der Waals surface area contributed by atoms with Crippen LogP contribution in [0, 0.1) is 24.7 Å². The summed E-state index contributed by atoms with van der Waals surface area (Å²) in [4.78, 5) is 3.65. The van der Waals surface area contributed by atoms with Gasteiger partial charge in [-0.2, -0.15) is 0 Å². The van der Waals surface area contributed by atoms with Crippen LogP contribution in [0.25, 0.3) is 0 Å². The Morgan fingerprint density at radius 3 is 2.27 bits per heavy atom. The molecule has 1 aromatic carbocycles. The van der Waals surface area contributed by atoms with Gasteiger partial charge < -0.3 is 9.80 Å². The molecule has 0 spiro atoms. The molecule has 2 fully saturated rings. The first-order chi connectivity index (χ1) is 10.8. The summed E-state index contributed by atoms with van der Waals surface area (Å²) in [5.41, 5.74) is 2.87. The molecule has 1 heterocycles. The number of nitrogens with one attached hydrogen (secondary N) is 2. The number of fused-ring (bicyclic) bond motifs is 2. The molecular weight excluding hydrogens is 268 g/mol. The molecule has 2 heteroatoms. The third-order valence-corrected chi connectivity index (χ3v) is 6.21. The van der Waals surface area contributed by atoms with Crippen molar-refractivity contribution in [2.75, 3.05) is 32.7 Å². The van der Waals surface area contributed by atoms with Crippen molar-refractivity contribution in [1.29, 1.82) is 0 Å². The lowest BCUT2D eigenvalue weighted by atomic mass is 9.93. The Hall–Kier alpha value is -1.12. The Bertz CT molecular complexity index is 525. The fourth-order valence-corrected chi connectivity index (χ4v) is 4.83. The fraction of sp³-hybridized carbons (Fsp3) is 0.600. The second-order valence-electron chi connectivity index (χ2n) is 7.91. The molecule has 2 aliphatic carbocycles. The van der Waals surface area contributed by atoms with Crippen molar-refractivity contribution in [3.63, 3.8) is 0 Å². The summed E-state index contributed by atoms with van der Waals surface area (Å²) in [6.45, 7) is 10.3. The maximum Gasteiger partial charge on any atom is 0.127 e. The maximum absolute atomic E-state index is 2.51. The van der Waals surface area contributed by atoms with Gasteiger partial charge in [0.25, 0.3) is 0 Å². The zero-order chi connectivity index (χ0) is 14.9. The first-order valence-electron chi connectivity index (χ1n) is 9.17. The summed E-state index contributed by atoms with van der Waals surface area (Å²) in [5, 5.41) is 0. The van der Waals surface area contributed by atoms with Crippen LogP contribution in [0.5, 0.6) is 0 Å². The highest BCUT2D eigenvalue weighted by Crippen LogP contribution is 2.42. The van der Waals surface area contributed by atoms with Gasteiger partial charge in [0, 0.05) is 11.5 Å². The molecule has 0 radical (unpaired) electrons. The zero-order valence-corrected chi connectivity index (χ0v) is 13.9. The fourth-order valence-electron chi connectivity index (χ4n) is 4.83. The Kier molecular flexibility index (Phi) is 4.06. The van der Waals surface area contributed by atoms with E-state index in [2.05, 4.69) is 43.3 Å². The van der Waals surface area contributed by atoms with Gasteiger partial charge in [-0.25, -0.2) is 0 Å². The average molecular weight is 298 g/mol. The molecule has 118 valence electrons. The van der Waals surface area contributed by atoms with Crippen LogP contribution < -0.4 is 9.80 Å². The summed E-state index contributed by atoms with van der Waals surface area (Å²) in [7, 11) is 0. The predicted molar refractivity (Wildman–Crippen MR) is 90.0 cm³/mol. The van der Waals surface area contributed by atoms with Crippen molar-refractivity contribution in [3.05, 3.63) is 47.5 Å². The number of piperazine rings is 1. The molecule has 0 aromatic heterocycles. The highest BCUT2D eigenvalue weighted by Gasteiger charge is 2.38. The molecule has 3 atom stereocenters. The van der Waals surface area contributed by atoms with Gasteiger partial charge in [-0.3, -0.25) is 0 Å². The molecule has 2 N–H and O–H groups in total. The summed E-state index contributed by atoms with van der Waals surface area (Å²) in [6, 6.07) is 9.12. The third-order valence-electron chi connectivity index (χ3n) is 6.21. The van der Waals surface area contributed by atoms with Crippen LogP contribution in [0.1, 0.15) is 24.0 Å². The van der Waals surface area contributed by atoms with Crippen molar-refractivity contribution in [2.45, 2.75) is 26.3 Å². The minimum absolute atomic E-state index is 0.926. The van der Waals surface area contributed by atoms with Crippen molar-refractivity contribution < 1.29 is 9.80 Å². The largest absolute Gasteiger partial charge is 0.325 e. The average Bonchev–Trinajstić information content (AvgIpc) is 3.14. The number of benzene rings is 1. The lowest BCUT2D eigenvalue weighted by Gasteiger charge is -2.32. The van der Waals surface area contributed by atoms with Gasteiger partial charge in [0.15, 0.2) is 0 Å². The molecule has 2 nitrogen and oxygen atoms in total. The number of hydrogen-bond acceptors (Lipinski definition) is 0. The second kappa shape index (κ2) is 6.17. The van der Waals surface area contributed by atoms with E-state index in [-0.39, 0.29) is 0 Å². The summed E-state index contributed by atoms with van der Waals surface area (Å²) < 4.78 is 0. The molecule has 22 heavy (non-hydrogen) atoms. The van der Waals surface area contributed by atoms with Crippen LogP contribution in [-0.2, 0) is 6.54 Å². The normalized spacial score (nSPS) is 36.9. The minimum atomic E-state index is 0.926. The quantitative estimate of drug-likeness (QED) is 0.749. The third kappa shape index (κ3) is 3.13. The second-order valence-corrected chi connectivity index (χ2v) is 7.91. The highest BCUT2D eigenvalue weighted by atomic mass is 15.3. The monoisotopic (exact) mass is 298 g/mol. The molecule has 3 aliphatic rings. The van der Waals surface area contributed by atoms with E-state index in [0.29, 0.717) is 0 Å². The lowest BCUT2D eigenvalue weighted by Crippen LogP contribution is -3.27. The lowest BCUT2D eigenvalue weighted by molar-refractivity contribution is -1.02. The first kappa shape index (κ1) is 14.5. The topological polar surface area (TPSA) is 8.88 Å². The van der Waals surface area contributed by atoms with Crippen LogP contribution in [0.2, 0.25) is 0 Å². The van der Waals surface area contributed by atoms with Crippen molar-refractivity contribution in [3.8, 4) is 0 Å². The summed E-state index contributed by atoms with van der Waals surface area (Å²) in [6.07, 6.45) is 7.92. The minimum Gasteiger partial charge on any atom is -0.325 e. The van der Waals surface area contributed by atoms with Crippen LogP contribution >= 0.6 is 0 Å². The Morgan fingerprint density at radius 1 is 0.909 bits per heavy atom. The molecule has 1 saturated heterocycles.